The van der Waals surface area contributed by atoms with Gasteiger partial charge in [0.25, 0.3) is 10.0 Å². The minimum atomic E-state index is -3.63. The lowest BCUT2D eigenvalue weighted by atomic mass is 10.3. The Hall–Kier alpha value is -1.38. The van der Waals surface area contributed by atoms with Crippen molar-refractivity contribution >= 4 is 27.0 Å². The molecule has 20 heavy (non-hydrogen) atoms. The van der Waals surface area contributed by atoms with Crippen molar-refractivity contribution in [2.24, 2.45) is 0 Å². The molecule has 3 N–H and O–H groups in total. The van der Waals surface area contributed by atoms with Gasteiger partial charge in [0.05, 0.1) is 17.1 Å². The molecule has 2 aromatic rings. The molecule has 0 saturated carbocycles. The van der Waals surface area contributed by atoms with Crippen LogP contribution in [0.2, 0.25) is 0 Å². The zero-order chi connectivity index (χ0) is 14.8. The van der Waals surface area contributed by atoms with Crippen molar-refractivity contribution in [1.82, 2.24) is 15.5 Å². The van der Waals surface area contributed by atoms with Crippen LogP contribution in [0.3, 0.4) is 0 Å². The van der Waals surface area contributed by atoms with Crippen LogP contribution in [0.5, 0.6) is 0 Å². The van der Waals surface area contributed by atoms with Crippen LogP contribution in [0.1, 0.15) is 25.2 Å². The second-order valence-corrected chi connectivity index (χ2v) is 7.18. The van der Waals surface area contributed by atoms with Crippen molar-refractivity contribution < 1.29 is 8.42 Å². The van der Waals surface area contributed by atoms with Gasteiger partial charge in [-0.3, -0.25) is 9.82 Å². The van der Waals surface area contributed by atoms with Gasteiger partial charge in [-0.25, -0.2) is 8.42 Å². The molecule has 0 bridgehead atoms. The third kappa shape index (κ3) is 3.38. The van der Waals surface area contributed by atoms with Crippen molar-refractivity contribution in [1.29, 1.82) is 0 Å². The molecule has 0 radical (unpaired) electrons. The standard InChI is InChI=1S/C12H18N4O2S2/c1-8(2)13-6-11-12(9(3)14-15-11)20(17,18)16-10-4-5-19-7-10/h4-5,7-8,13,16H,6H2,1-3H3,(H,14,15). The largest absolute Gasteiger partial charge is 0.309 e. The van der Waals surface area contributed by atoms with Crippen molar-refractivity contribution in [2.75, 3.05) is 4.72 Å². The summed E-state index contributed by atoms with van der Waals surface area (Å²) in [5, 5.41) is 13.6. The summed E-state index contributed by atoms with van der Waals surface area (Å²) in [7, 11) is -3.63. The van der Waals surface area contributed by atoms with E-state index in [1.54, 1.807) is 18.4 Å². The van der Waals surface area contributed by atoms with Crippen molar-refractivity contribution in [3.05, 3.63) is 28.2 Å². The summed E-state index contributed by atoms with van der Waals surface area (Å²) >= 11 is 1.44. The van der Waals surface area contributed by atoms with Gasteiger partial charge in [0.2, 0.25) is 0 Å². The monoisotopic (exact) mass is 314 g/mol. The van der Waals surface area contributed by atoms with Gasteiger partial charge in [0.1, 0.15) is 4.90 Å². The smallest absolute Gasteiger partial charge is 0.265 e. The van der Waals surface area contributed by atoms with Gasteiger partial charge in [-0.15, -0.1) is 0 Å². The van der Waals surface area contributed by atoms with E-state index in [1.807, 2.05) is 19.2 Å². The first-order chi connectivity index (χ1) is 9.40. The van der Waals surface area contributed by atoms with Gasteiger partial charge in [0, 0.05) is 18.0 Å². The Morgan fingerprint density at radius 1 is 1.45 bits per heavy atom. The van der Waals surface area contributed by atoms with Gasteiger partial charge in [0.15, 0.2) is 0 Å². The summed E-state index contributed by atoms with van der Waals surface area (Å²) in [6.45, 7) is 6.10. The van der Waals surface area contributed by atoms with Gasteiger partial charge in [-0.1, -0.05) is 13.8 Å². The third-order valence-electron chi connectivity index (χ3n) is 2.68. The molecular formula is C12H18N4O2S2. The molecule has 0 spiro atoms. The number of H-pyrrole nitrogens is 1. The Morgan fingerprint density at radius 3 is 2.80 bits per heavy atom. The van der Waals surface area contributed by atoms with E-state index in [4.69, 9.17) is 0 Å². The minimum Gasteiger partial charge on any atom is -0.309 e. The van der Waals surface area contributed by atoms with E-state index < -0.39 is 10.0 Å². The average molecular weight is 314 g/mol. The molecule has 2 aromatic heterocycles. The second-order valence-electron chi connectivity index (χ2n) is 4.78. The maximum Gasteiger partial charge on any atom is 0.265 e. The first-order valence-electron chi connectivity index (χ1n) is 6.22. The average Bonchev–Trinajstić information content (AvgIpc) is 2.95. The first kappa shape index (κ1) is 15.0. The molecule has 0 unspecified atom stereocenters. The molecule has 0 aliphatic heterocycles. The number of nitrogens with zero attached hydrogens (tertiary/aromatic N) is 1. The fraction of sp³-hybridized carbons (Fsp3) is 0.417. The zero-order valence-electron chi connectivity index (χ0n) is 11.6. The highest BCUT2D eigenvalue weighted by molar-refractivity contribution is 7.92. The van der Waals surface area contributed by atoms with Gasteiger partial charge >= 0.3 is 0 Å². The number of hydrogen-bond donors (Lipinski definition) is 3. The van der Waals surface area contributed by atoms with Crippen LogP contribution in [-0.4, -0.2) is 24.7 Å². The van der Waals surface area contributed by atoms with Crippen LogP contribution in [-0.2, 0) is 16.6 Å². The Kier molecular flexibility index (Phi) is 4.46. The predicted molar refractivity (Wildman–Crippen MR) is 80.4 cm³/mol. The van der Waals surface area contributed by atoms with E-state index in [-0.39, 0.29) is 10.9 Å². The number of aromatic nitrogens is 2. The molecule has 0 saturated heterocycles. The summed E-state index contributed by atoms with van der Waals surface area (Å²) in [6.07, 6.45) is 0. The van der Waals surface area contributed by atoms with Gasteiger partial charge in [-0.2, -0.15) is 16.4 Å². The lowest BCUT2D eigenvalue weighted by Crippen LogP contribution is -2.24. The Bertz CT molecular complexity index is 660. The van der Waals surface area contributed by atoms with E-state index in [1.165, 1.54) is 11.3 Å². The van der Waals surface area contributed by atoms with Crippen LogP contribution in [0.4, 0.5) is 5.69 Å². The highest BCUT2D eigenvalue weighted by Gasteiger charge is 2.24. The maximum atomic E-state index is 12.5. The van der Waals surface area contributed by atoms with Gasteiger partial charge in [-0.05, 0) is 18.4 Å². The number of anilines is 1. The van der Waals surface area contributed by atoms with Crippen molar-refractivity contribution in [2.45, 2.75) is 38.3 Å². The minimum absolute atomic E-state index is 0.219. The Morgan fingerprint density at radius 2 is 2.20 bits per heavy atom. The van der Waals surface area contributed by atoms with Crippen LogP contribution < -0.4 is 10.0 Å². The topological polar surface area (TPSA) is 86.9 Å². The van der Waals surface area contributed by atoms with E-state index >= 15 is 0 Å². The number of hydrogen-bond acceptors (Lipinski definition) is 5. The van der Waals surface area contributed by atoms with Crippen molar-refractivity contribution in [3.63, 3.8) is 0 Å². The third-order valence-corrected chi connectivity index (χ3v) is 4.95. The van der Waals surface area contributed by atoms with E-state index in [2.05, 4.69) is 20.2 Å². The number of thiophene rings is 1. The molecule has 2 rings (SSSR count). The van der Waals surface area contributed by atoms with E-state index in [0.717, 1.165) is 0 Å². The lowest BCUT2D eigenvalue weighted by Gasteiger charge is -2.10. The summed E-state index contributed by atoms with van der Waals surface area (Å²) in [5.41, 5.74) is 1.60. The number of sulfonamides is 1. The number of aromatic amines is 1. The molecule has 0 atom stereocenters. The lowest BCUT2D eigenvalue weighted by molar-refractivity contribution is 0.570. The Balaban J connectivity index is 2.28. The number of nitrogens with one attached hydrogen (secondary N) is 3. The number of aryl methyl sites for hydroxylation is 1. The maximum absolute atomic E-state index is 12.5. The van der Waals surface area contributed by atoms with Crippen LogP contribution in [0.15, 0.2) is 21.7 Å². The summed E-state index contributed by atoms with van der Waals surface area (Å²) in [6, 6.07) is 1.98. The van der Waals surface area contributed by atoms with Crippen LogP contribution >= 0.6 is 11.3 Å². The molecule has 0 aliphatic rings. The van der Waals surface area contributed by atoms with E-state index in [0.29, 0.717) is 23.6 Å². The van der Waals surface area contributed by atoms with Crippen molar-refractivity contribution in [3.8, 4) is 0 Å². The predicted octanol–water partition coefficient (Wildman–Crippen LogP) is 2.08. The fourth-order valence-electron chi connectivity index (χ4n) is 1.78. The highest BCUT2D eigenvalue weighted by Crippen LogP contribution is 2.22. The molecule has 6 nitrogen and oxygen atoms in total. The highest BCUT2D eigenvalue weighted by atomic mass is 32.2. The molecule has 110 valence electrons. The summed E-state index contributed by atoms with van der Waals surface area (Å²) in [5.74, 6) is 0. The SMILES string of the molecule is Cc1[nH]nc(CNC(C)C)c1S(=O)(=O)Nc1ccsc1. The normalized spacial score (nSPS) is 12.0. The molecule has 0 aliphatic carbocycles. The summed E-state index contributed by atoms with van der Waals surface area (Å²) < 4.78 is 27.5. The molecule has 0 fully saturated rings. The number of rotatable bonds is 6. The van der Waals surface area contributed by atoms with Crippen LogP contribution in [0, 0.1) is 6.92 Å². The zero-order valence-corrected chi connectivity index (χ0v) is 13.2. The molecule has 0 aromatic carbocycles. The Labute approximate surface area is 122 Å². The van der Waals surface area contributed by atoms with E-state index in [9.17, 15) is 8.42 Å². The molecule has 2 heterocycles. The quantitative estimate of drug-likeness (QED) is 0.762. The first-order valence-corrected chi connectivity index (χ1v) is 8.65. The summed E-state index contributed by atoms with van der Waals surface area (Å²) in [4.78, 5) is 0.219. The van der Waals surface area contributed by atoms with Gasteiger partial charge < -0.3 is 5.32 Å². The molecule has 8 heteroatoms. The molecule has 0 amide bonds. The van der Waals surface area contributed by atoms with Crippen LogP contribution in [0.25, 0.3) is 0 Å². The second kappa shape index (κ2) is 5.94. The molecular weight excluding hydrogens is 296 g/mol. The fourth-order valence-corrected chi connectivity index (χ4v) is 3.85.